The van der Waals surface area contributed by atoms with Crippen LogP contribution < -0.4 is 5.32 Å². The summed E-state index contributed by atoms with van der Waals surface area (Å²) in [5, 5.41) is 3.10. The van der Waals surface area contributed by atoms with E-state index in [0.717, 1.165) is 26.1 Å². The molecule has 0 aromatic heterocycles. The first-order chi connectivity index (χ1) is 6.38. The fraction of sp³-hybridized carbons (Fsp3) is 1.00. The van der Waals surface area contributed by atoms with Crippen LogP contribution in [-0.2, 0) is 0 Å². The number of rotatable bonds is 1. The highest BCUT2D eigenvalue weighted by Gasteiger charge is 2.30. The highest BCUT2D eigenvalue weighted by atomic mass is 19.1. The van der Waals surface area contributed by atoms with Gasteiger partial charge >= 0.3 is 0 Å². The Morgan fingerprint density at radius 2 is 1.92 bits per heavy atom. The van der Waals surface area contributed by atoms with Crippen LogP contribution in [0, 0.1) is 0 Å². The zero-order valence-electron chi connectivity index (χ0n) is 8.14. The maximum atomic E-state index is 13.5. The minimum atomic E-state index is -0.646. The second kappa shape index (κ2) is 4.38. The molecule has 13 heavy (non-hydrogen) atoms. The number of nitrogens with zero attached hydrogens (tertiary/aromatic N) is 1. The highest BCUT2D eigenvalue weighted by molar-refractivity contribution is 4.86. The van der Waals surface area contributed by atoms with Gasteiger partial charge in [-0.1, -0.05) is 6.42 Å². The van der Waals surface area contributed by atoms with E-state index in [1.165, 1.54) is 19.3 Å². The monoisotopic (exact) mass is 186 g/mol. The molecule has 0 saturated carbocycles. The van der Waals surface area contributed by atoms with Crippen LogP contribution >= 0.6 is 0 Å². The lowest BCUT2D eigenvalue weighted by Gasteiger charge is -2.38. The standard InChI is InChI=1S/C10H19FN2/c11-9-8-12-5-4-10(9)13-6-2-1-3-7-13/h9-10,12H,1-8H2/t9-,10+/m1/s1. The lowest BCUT2D eigenvalue weighted by atomic mass is 10.00. The molecule has 0 aromatic rings. The third-order valence-corrected chi connectivity index (χ3v) is 3.23. The molecule has 0 amide bonds. The quantitative estimate of drug-likeness (QED) is 0.661. The molecular weight excluding hydrogens is 167 g/mol. The van der Waals surface area contributed by atoms with E-state index in [1.807, 2.05) is 0 Å². The minimum absolute atomic E-state index is 0.210. The molecule has 2 atom stereocenters. The van der Waals surface area contributed by atoms with Gasteiger partial charge in [0, 0.05) is 12.6 Å². The molecule has 1 N–H and O–H groups in total. The molecule has 2 aliphatic heterocycles. The summed E-state index contributed by atoms with van der Waals surface area (Å²) in [5.74, 6) is 0. The first-order valence-corrected chi connectivity index (χ1v) is 5.47. The van der Waals surface area contributed by atoms with Gasteiger partial charge in [-0.2, -0.15) is 0 Å². The van der Waals surface area contributed by atoms with E-state index < -0.39 is 6.17 Å². The summed E-state index contributed by atoms with van der Waals surface area (Å²) in [4.78, 5) is 2.36. The molecule has 0 spiro atoms. The van der Waals surface area contributed by atoms with Gasteiger partial charge in [-0.3, -0.25) is 4.90 Å². The van der Waals surface area contributed by atoms with Crippen LogP contribution in [0.15, 0.2) is 0 Å². The van der Waals surface area contributed by atoms with Crippen molar-refractivity contribution in [1.29, 1.82) is 0 Å². The largest absolute Gasteiger partial charge is 0.314 e. The Kier molecular flexibility index (Phi) is 3.17. The summed E-state index contributed by atoms with van der Waals surface area (Å²) in [6.45, 7) is 3.78. The van der Waals surface area contributed by atoms with Crippen molar-refractivity contribution in [3.63, 3.8) is 0 Å². The van der Waals surface area contributed by atoms with E-state index in [-0.39, 0.29) is 6.04 Å². The van der Waals surface area contributed by atoms with E-state index in [1.54, 1.807) is 0 Å². The van der Waals surface area contributed by atoms with Crippen LogP contribution in [0.25, 0.3) is 0 Å². The Morgan fingerprint density at radius 1 is 1.15 bits per heavy atom. The Labute approximate surface area is 79.5 Å². The molecule has 3 heteroatoms. The third-order valence-electron chi connectivity index (χ3n) is 3.23. The van der Waals surface area contributed by atoms with Crippen molar-refractivity contribution in [2.75, 3.05) is 26.2 Å². The molecule has 0 radical (unpaired) electrons. The summed E-state index contributed by atoms with van der Waals surface area (Å²) in [6.07, 6.45) is 4.19. The van der Waals surface area contributed by atoms with E-state index in [9.17, 15) is 4.39 Å². The van der Waals surface area contributed by atoms with Crippen LogP contribution in [0.2, 0.25) is 0 Å². The Bertz CT molecular complexity index is 157. The molecule has 2 aliphatic rings. The van der Waals surface area contributed by atoms with Gasteiger partial charge in [0.15, 0.2) is 0 Å². The molecule has 0 aromatic carbocycles. The fourth-order valence-electron chi connectivity index (χ4n) is 2.47. The Morgan fingerprint density at radius 3 is 2.62 bits per heavy atom. The topological polar surface area (TPSA) is 15.3 Å². The van der Waals surface area contributed by atoms with Crippen molar-refractivity contribution in [3.05, 3.63) is 0 Å². The average Bonchev–Trinajstić information content (AvgIpc) is 2.20. The maximum Gasteiger partial charge on any atom is 0.128 e. The highest BCUT2D eigenvalue weighted by Crippen LogP contribution is 2.19. The average molecular weight is 186 g/mol. The summed E-state index contributed by atoms with van der Waals surface area (Å²) < 4.78 is 13.5. The number of nitrogens with one attached hydrogen (secondary N) is 1. The second-order valence-corrected chi connectivity index (χ2v) is 4.17. The van der Waals surface area contributed by atoms with Gasteiger partial charge in [-0.05, 0) is 38.9 Å². The smallest absolute Gasteiger partial charge is 0.128 e. The third kappa shape index (κ3) is 2.20. The van der Waals surface area contributed by atoms with E-state index in [2.05, 4.69) is 10.2 Å². The van der Waals surface area contributed by atoms with E-state index >= 15 is 0 Å². The summed E-state index contributed by atoms with van der Waals surface area (Å²) in [6, 6.07) is 0.210. The number of hydrogen-bond acceptors (Lipinski definition) is 2. The minimum Gasteiger partial charge on any atom is -0.314 e. The van der Waals surface area contributed by atoms with Crippen molar-refractivity contribution in [2.45, 2.75) is 37.9 Å². The predicted molar refractivity (Wildman–Crippen MR) is 51.6 cm³/mol. The number of piperidine rings is 2. The SMILES string of the molecule is F[C@@H]1CNCC[C@@H]1N1CCCCC1. The molecule has 0 aliphatic carbocycles. The normalized spacial score (nSPS) is 37.6. The fourth-order valence-corrected chi connectivity index (χ4v) is 2.47. The molecule has 2 heterocycles. The van der Waals surface area contributed by atoms with Crippen LogP contribution in [0.4, 0.5) is 4.39 Å². The molecule has 0 unspecified atom stereocenters. The van der Waals surface area contributed by atoms with Crippen molar-refractivity contribution < 1.29 is 4.39 Å². The number of halogens is 1. The van der Waals surface area contributed by atoms with Gasteiger partial charge in [0.2, 0.25) is 0 Å². The van der Waals surface area contributed by atoms with Gasteiger partial charge in [0.25, 0.3) is 0 Å². The van der Waals surface area contributed by atoms with E-state index in [4.69, 9.17) is 0 Å². The molecule has 2 fully saturated rings. The number of hydrogen-bond donors (Lipinski definition) is 1. The molecule has 76 valence electrons. The molecule has 2 saturated heterocycles. The first-order valence-electron chi connectivity index (χ1n) is 5.47. The molecular formula is C10H19FN2. The van der Waals surface area contributed by atoms with Crippen LogP contribution in [-0.4, -0.2) is 43.3 Å². The van der Waals surface area contributed by atoms with Crippen LogP contribution in [0.1, 0.15) is 25.7 Å². The van der Waals surface area contributed by atoms with Gasteiger partial charge in [-0.15, -0.1) is 0 Å². The predicted octanol–water partition coefficient (Wildman–Crippen LogP) is 1.17. The van der Waals surface area contributed by atoms with Gasteiger partial charge in [-0.25, -0.2) is 4.39 Å². The van der Waals surface area contributed by atoms with Gasteiger partial charge in [0.05, 0.1) is 0 Å². The van der Waals surface area contributed by atoms with Crippen molar-refractivity contribution in [3.8, 4) is 0 Å². The Balaban J connectivity index is 1.88. The zero-order valence-corrected chi connectivity index (χ0v) is 8.14. The van der Waals surface area contributed by atoms with Gasteiger partial charge in [0.1, 0.15) is 6.17 Å². The zero-order chi connectivity index (χ0) is 9.10. The number of alkyl halides is 1. The van der Waals surface area contributed by atoms with Crippen molar-refractivity contribution in [2.24, 2.45) is 0 Å². The van der Waals surface area contributed by atoms with E-state index in [0.29, 0.717) is 6.54 Å². The summed E-state index contributed by atoms with van der Waals surface area (Å²) >= 11 is 0. The summed E-state index contributed by atoms with van der Waals surface area (Å²) in [5.41, 5.74) is 0. The lowest BCUT2D eigenvalue weighted by molar-refractivity contribution is 0.0694. The van der Waals surface area contributed by atoms with Crippen LogP contribution in [0.3, 0.4) is 0 Å². The van der Waals surface area contributed by atoms with Crippen molar-refractivity contribution in [1.82, 2.24) is 10.2 Å². The molecule has 2 rings (SSSR count). The van der Waals surface area contributed by atoms with Gasteiger partial charge < -0.3 is 5.32 Å². The van der Waals surface area contributed by atoms with Crippen LogP contribution in [0.5, 0.6) is 0 Å². The lowest BCUT2D eigenvalue weighted by Crippen LogP contribution is -2.52. The molecule has 2 nitrogen and oxygen atoms in total. The second-order valence-electron chi connectivity index (χ2n) is 4.17. The number of likely N-dealkylation sites (tertiary alicyclic amines) is 1. The first kappa shape index (κ1) is 9.41. The Hall–Kier alpha value is -0.150. The molecule has 0 bridgehead atoms. The van der Waals surface area contributed by atoms with Crippen molar-refractivity contribution >= 4 is 0 Å². The summed E-state index contributed by atoms with van der Waals surface area (Å²) in [7, 11) is 0. The maximum absolute atomic E-state index is 13.5.